The van der Waals surface area contributed by atoms with Crippen LogP contribution in [0, 0.1) is 0 Å². The lowest BCUT2D eigenvalue weighted by Gasteiger charge is -2.33. The molecule has 120 valence electrons. The predicted molar refractivity (Wildman–Crippen MR) is 86.2 cm³/mol. The van der Waals surface area contributed by atoms with Gasteiger partial charge >= 0.3 is 0 Å². The van der Waals surface area contributed by atoms with Crippen molar-refractivity contribution in [3.63, 3.8) is 0 Å². The van der Waals surface area contributed by atoms with Crippen molar-refractivity contribution in [1.29, 1.82) is 0 Å². The summed E-state index contributed by atoms with van der Waals surface area (Å²) < 4.78 is 7.72. The fourth-order valence-electron chi connectivity index (χ4n) is 3.33. The average Bonchev–Trinajstić information content (AvgIpc) is 3.37. The number of aromatic nitrogens is 2. The van der Waals surface area contributed by atoms with Crippen molar-refractivity contribution in [2.24, 2.45) is 7.05 Å². The second-order valence-electron chi connectivity index (χ2n) is 6.36. The van der Waals surface area contributed by atoms with Crippen LogP contribution >= 0.6 is 0 Å². The van der Waals surface area contributed by atoms with Crippen molar-refractivity contribution in [2.45, 2.75) is 24.9 Å². The van der Waals surface area contributed by atoms with Crippen molar-refractivity contribution in [3.05, 3.63) is 53.3 Å². The van der Waals surface area contributed by atoms with Gasteiger partial charge < -0.3 is 9.64 Å². The Hall–Kier alpha value is -2.14. The highest BCUT2D eigenvalue weighted by Gasteiger charge is 2.34. The molecule has 4 rings (SSSR count). The van der Waals surface area contributed by atoms with Gasteiger partial charge in [-0.1, -0.05) is 30.3 Å². The van der Waals surface area contributed by atoms with E-state index in [0.717, 1.165) is 29.7 Å². The van der Waals surface area contributed by atoms with Gasteiger partial charge in [0.2, 0.25) is 0 Å². The van der Waals surface area contributed by atoms with E-state index in [2.05, 4.69) is 17.2 Å². The van der Waals surface area contributed by atoms with Crippen LogP contribution in [0.2, 0.25) is 0 Å². The summed E-state index contributed by atoms with van der Waals surface area (Å²) >= 11 is 0. The van der Waals surface area contributed by atoms with E-state index in [-0.39, 0.29) is 12.0 Å². The second-order valence-corrected chi connectivity index (χ2v) is 6.36. The van der Waals surface area contributed by atoms with E-state index in [1.54, 1.807) is 6.20 Å². The SMILES string of the molecule is Cn1ncc(C(=O)N2CCOC(c3ccccc3)C2)c1C1CC1. The first kappa shape index (κ1) is 14.5. The van der Waals surface area contributed by atoms with E-state index in [0.29, 0.717) is 25.6 Å². The molecule has 5 nitrogen and oxygen atoms in total. The Morgan fingerprint density at radius 1 is 1.26 bits per heavy atom. The van der Waals surface area contributed by atoms with E-state index in [1.165, 1.54) is 0 Å². The fraction of sp³-hybridized carbons (Fsp3) is 0.444. The van der Waals surface area contributed by atoms with E-state index in [1.807, 2.05) is 34.8 Å². The molecule has 5 heteroatoms. The summed E-state index contributed by atoms with van der Waals surface area (Å²) in [4.78, 5) is 14.9. The van der Waals surface area contributed by atoms with Crippen molar-refractivity contribution in [3.8, 4) is 0 Å². The number of morpholine rings is 1. The lowest BCUT2D eigenvalue weighted by atomic mass is 10.1. The predicted octanol–water partition coefficient (Wildman–Crippen LogP) is 2.51. The third kappa shape index (κ3) is 2.77. The van der Waals surface area contributed by atoms with Gasteiger partial charge in [-0.25, -0.2) is 0 Å². The molecule has 2 aliphatic rings. The first-order valence-corrected chi connectivity index (χ1v) is 8.22. The zero-order valence-corrected chi connectivity index (χ0v) is 13.3. The van der Waals surface area contributed by atoms with E-state index in [4.69, 9.17) is 4.74 Å². The molecule has 1 atom stereocenters. The summed E-state index contributed by atoms with van der Waals surface area (Å²) in [5.74, 6) is 0.594. The normalized spacial score (nSPS) is 21.4. The molecule has 2 heterocycles. The maximum Gasteiger partial charge on any atom is 0.257 e. The van der Waals surface area contributed by atoms with Crippen LogP contribution in [0.15, 0.2) is 36.5 Å². The molecule has 23 heavy (non-hydrogen) atoms. The monoisotopic (exact) mass is 311 g/mol. The Morgan fingerprint density at radius 3 is 2.78 bits per heavy atom. The van der Waals surface area contributed by atoms with Gasteiger partial charge in [-0.15, -0.1) is 0 Å². The fourth-order valence-corrected chi connectivity index (χ4v) is 3.33. The van der Waals surface area contributed by atoms with Crippen molar-refractivity contribution in [1.82, 2.24) is 14.7 Å². The maximum absolute atomic E-state index is 13.0. The molecule has 2 aromatic rings. The quantitative estimate of drug-likeness (QED) is 0.875. The lowest BCUT2D eigenvalue weighted by Crippen LogP contribution is -2.42. The molecule has 0 bridgehead atoms. The molecule has 1 saturated carbocycles. The van der Waals surface area contributed by atoms with Crippen LogP contribution in [-0.2, 0) is 11.8 Å². The van der Waals surface area contributed by atoms with Gasteiger partial charge in [0, 0.05) is 19.5 Å². The number of nitrogens with zero attached hydrogens (tertiary/aromatic N) is 3. The summed E-state index contributed by atoms with van der Waals surface area (Å²) in [5.41, 5.74) is 2.99. The van der Waals surface area contributed by atoms with Gasteiger partial charge in [0.1, 0.15) is 6.10 Å². The maximum atomic E-state index is 13.0. The average molecular weight is 311 g/mol. The molecular formula is C18H21N3O2. The summed E-state index contributed by atoms with van der Waals surface area (Å²) in [6.45, 7) is 1.81. The Kier molecular flexibility index (Phi) is 3.65. The minimum Gasteiger partial charge on any atom is -0.370 e. The summed E-state index contributed by atoms with van der Waals surface area (Å²) in [5, 5.41) is 4.31. The molecule has 1 aliphatic heterocycles. The van der Waals surface area contributed by atoms with Gasteiger partial charge in [-0.3, -0.25) is 9.48 Å². The first-order valence-electron chi connectivity index (χ1n) is 8.22. The van der Waals surface area contributed by atoms with Gasteiger partial charge in [0.05, 0.1) is 30.6 Å². The standard InChI is InChI=1S/C18H21N3O2/c1-20-17(14-7-8-14)15(11-19-20)18(22)21-9-10-23-16(12-21)13-5-3-2-4-6-13/h2-6,11,14,16H,7-10,12H2,1H3. The number of benzene rings is 1. The van der Waals surface area contributed by atoms with Gasteiger partial charge in [-0.2, -0.15) is 5.10 Å². The first-order chi connectivity index (χ1) is 11.2. The number of ether oxygens (including phenoxy) is 1. The number of amides is 1. The lowest BCUT2D eigenvalue weighted by molar-refractivity contribution is -0.0228. The van der Waals surface area contributed by atoms with Crippen molar-refractivity contribution in [2.75, 3.05) is 19.7 Å². The van der Waals surface area contributed by atoms with Gasteiger partial charge in [0.25, 0.3) is 5.91 Å². The largest absolute Gasteiger partial charge is 0.370 e. The van der Waals surface area contributed by atoms with Crippen molar-refractivity contribution >= 4 is 5.91 Å². The molecule has 1 aliphatic carbocycles. The molecule has 1 aromatic heterocycles. The number of carbonyl (C=O) groups excluding carboxylic acids is 1. The zero-order chi connectivity index (χ0) is 15.8. The Labute approximate surface area is 135 Å². The Morgan fingerprint density at radius 2 is 2.04 bits per heavy atom. The topological polar surface area (TPSA) is 47.4 Å². The molecule has 1 unspecified atom stereocenters. The molecule has 2 fully saturated rings. The Bertz CT molecular complexity index is 706. The number of carbonyl (C=O) groups is 1. The number of hydrogen-bond acceptors (Lipinski definition) is 3. The van der Waals surface area contributed by atoms with Gasteiger partial charge in [0.15, 0.2) is 0 Å². The van der Waals surface area contributed by atoms with Crippen LogP contribution in [-0.4, -0.2) is 40.3 Å². The molecular weight excluding hydrogens is 290 g/mol. The molecule has 0 N–H and O–H groups in total. The van der Waals surface area contributed by atoms with Crippen molar-refractivity contribution < 1.29 is 9.53 Å². The summed E-state index contributed by atoms with van der Waals surface area (Å²) in [7, 11) is 1.93. The number of hydrogen-bond donors (Lipinski definition) is 0. The third-order valence-corrected chi connectivity index (χ3v) is 4.70. The van der Waals surface area contributed by atoms with Crippen LogP contribution < -0.4 is 0 Å². The highest BCUT2D eigenvalue weighted by Crippen LogP contribution is 2.41. The van der Waals surface area contributed by atoms with E-state index >= 15 is 0 Å². The third-order valence-electron chi connectivity index (χ3n) is 4.70. The van der Waals surface area contributed by atoms with Gasteiger partial charge in [-0.05, 0) is 18.4 Å². The zero-order valence-electron chi connectivity index (χ0n) is 13.3. The minimum absolute atomic E-state index is 0.0463. The highest BCUT2D eigenvalue weighted by atomic mass is 16.5. The van der Waals surface area contributed by atoms with Crippen LogP contribution in [0.25, 0.3) is 0 Å². The van der Waals surface area contributed by atoms with Crippen LogP contribution in [0.5, 0.6) is 0 Å². The Balaban J connectivity index is 1.55. The highest BCUT2D eigenvalue weighted by molar-refractivity contribution is 5.95. The summed E-state index contributed by atoms with van der Waals surface area (Å²) in [6, 6.07) is 10.1. The molecule has 0 radical (unpaired) electrons. The second kappa shape index (κ2) is 5.81. The van der Waals surface area contributed by atoms with Crippen LogP contribution in [0.3, 0.4) is 0 Å². The number of aryl methyl sites for hydroxylation is 1. The smallest absolute Gasteiger partial charge is 0.257 e. The van der Waals surface area contributed by atoms with E-state index in [9.17, 15) is 4.79 Å². The van der Waals surface area contributed by atoms with E-state index < -0.39 is 0 Å². The molecule has 1 aromatic carbocycles. The van der Waals surface area contributed by atoms with Crippen LogP contribution in [0.4, 0.5) is 0 Å². The molecule has 0 spiro atoms. The molecule has 1 saturated heterocycles. The molecule has 1 amide bonds. The number of rotatable bonds is 3. The minimum atomic E-state index is -0.0463. The summed E-state index contributed by atoms with van der Waals surface area (Å²) in [6.07, 6.45) is 4.00. The van der Waals surface area contributed by atoms with Crippen LogP contribution in [0.1, 0.15) is 46.5 Å².